The number of nitrogens with two attached hydrogens (primary N) is 1. The van der Waals surface area contributed by atoms with Crippen LogP contribution in [0.25, 0.3) is 5.69 Å². The van der Waals surface area contributed by atoms with E-state index in [0.717, 1.165) is 35.5 Å². The largest absolute Gasteiger partial charge is 0.328 e. The number of hydrogen-bond donors (Lipinski definition) is 1. The van der Waals surface area contributed by atoms with Crippen LogP contribution >= 0.6 is 11.6 Å². The van der Waals surface area contributed by atoms with Gasteiger partial charge in [0.1, 0.15) is 0 Å². The molecule has 106 valence electrons. The lowest BCUT2D eigenvalue weighted by Crippen LogP contribution is -2.19. The van der Waals surface area contributed by atoms with E-state index in [1.165, 1.54) is 24.2 Å². The Kier molecular flexibility index (Phi) is 3.81. The summed E-state index contributed by atoms with van der Waals surface area (Å²) in [5, 5.41) is 0.790. The van der Waals surface area contributed by atoms with E-state index in [1.54, 1.807) is 0 Å². The van der Waals surface area contributed by atoms with Crippen LogP contribution in [0.2, 0.25) is 5.02 Å². The Bertz CT molecular complexity index is 616. The molecule has 2 aromatic rings. The highest BCUT2D eigenvalue weighted by Crippen LogP contribution is 2.29. The fourth-order valence-corrected chi connectivity index (χ4v) is 3.22. The van der Waals surface area contributed by atoms with Crippen LogP contribution in [0.15, 0.2) is 24.5 Å². The van der Waals surface area contributed by atoms with E-state index in [-0.39, 0.29) is 6.04 Å². The summed E-state index contributed by atoms with van der Waals surface area (Å²) in [6.45, 7) is 2.01. The van der Waals surface area contributed by atoms with Crippen LogP contribution in [-0.4, -0.2) is 15.6 Å². The van der Waals surface area contributed by atoms with Crippen molar-refractivity contribution in [3.63, 3.8) is 0 Å². The van der Waals surface area contributed by atoms with E-state index in [0.29, 0.717) is 0 Å². The van der Waals surface area contributed by atoms with Crippen LogP contribution in [0.1, 0.15) is 36.7 Å². The molecule has 2 N–H and O–H groups in total. The number of fused-ring (bicyclic) bond motifs is 1. The Balaban J connectivity index is 2.10. The number of imidazole rings is 1. The molecule has 1 heterocycles. The Morgan fingerprint density at radius 3 is 2.95 bits per heavy atom. The first kappa shape index (κ1) is 13.7. The number of aromatic nitrogens is 2. The van der Waals surface area contributed by atoms with Gasteiger partial charge in [0.15, 0.2) is 0 Å². The summed E-state index contributed by atoms with van der Waals surface area (Å²) in [4.78, 5) is 4.57. The first-order chi connectivity index (χ1) is 9.66. The summed E-state index contributed by atoms with van der Waals surface area (Å²) in [6, 6.07) is 6.14. The summed E-state index contributed by atoms with van der Waals surface area (Å²) in [5.41, 5.74) is 10.8. The molecule has 1 unspecified atom stereocenters. The number of nitrogens with zero attached hydrogens (tertiary/aromatic N) is 2. The highest BCUT2D eigenvalue weighted by atomic mass is 35.5. The summed E-state index contributed by atoms with van der Waals surface area (Å²) >= 11 is 6.38. The molecular weight excluding hydrogens is 270 g/mol. The molecule has 0 spiro atoms. The molecule has 1 aliphatic rings. The molecule has 3 rings (SSSR count). The Hall–Kier alpha value is -1.32. The van der Waals surface area contributed by atoms with Gasteiger partial charge in [-0.15, -0.1) is 0 Å². The Morgan fingerprint density at radius 1 is 1.35 bits per heavy atom. The van der Waals surface area contributed by atoms with Gasteiger partial charge >= 0.3 is 0 Å². The monoisotopic (exact) mass is 289 g/mol. The lowest BCUT2D eigenvalue weighted by Gasteiger charge is -2.18. The quantitative estimate of drug-likeness (QED) is 0.942. The summed E-state index contributed by atoms with van der Waals surface area (Å²) in [5.74, 6) is 0. The summed E-state index contributed by atoms with van der Waals surface area (Å²) in [7, 11) is 0. The van der Waals surface area contributed by atoms with Crippen molar-refractivity contribution in [2.75, 3.05) is 0 Å². The number of rotatable bonds is 3. The van der Waals surface area contributed by atoms with E-state index in [2.05, 4.69) is 15.6 Å². The average Bonchev–Trinajstić information content (AvgIpc) is 2.84. The van der Waals surface area contributed by atoms with E-state index in [4.69, 9.17) is 17.3 Å². The molecule has 1 aromatic carbocycles. The van der Waals surface area contributed by atoms with Crippen LogP contribution in [0, 0.1) is 0 Å². The molecule has 4 heteroatoms. The molecule has 20 heavy (non-hydrogen) atoms. The summed E-state index contributed by atoms with van der Waals surface area (Å²) in [6.07, 6.45) is 7.38. The van der Waals surface area contributed by atoms with Crippen LogP contribution < -0.4 is 5.73 Å². The third-order valence-corrected chi connectivity index (χ3v) is 4.26. The number of hydrogen-bond acceptors (Lipinski definition) is 2. The van der Waals surface area contributed by atoms with E-state index in [1.807, 2.05) is 25.4 Å². The van der Waals surface area contributed by atoms with Crippen molar-refractivity contribution in [2.24, 2.45) is 5.73 Å². The van der Waals surface area contributed by atoms with Crippen molar-refractivity contribution in [1.82, 2.24) is 9.55 Å². The van der Waals surface area contributed by atoms with Gasteiger partial charge in [0.2, 0.25) is 0 Å². The zero-order valence-corrected chi connectivity index (χ0v) is 12.5. The van der Waals surface area contributed by atoms with E-state index >= 15 is 0 Å². The SMILES string of the molecule is CC(N)Cc1c(Cl)cccc1-n1cnc2c1CCCC2. The average molecular weight is 290 g/mol. The maximum Gasteiger partial charge on any atom is 0.0997 e. The van der Waals surface area contributed by atoms with Gasteiger partial charge in [0.05, 0.1) is 17.7 Å². The number of aryl methyl sites for hydroxylation is 1. The second-order valence-corrected chi connectivity index (χ2v) is 6.04. The Morgan fingerprint density at radius 2 is 2.15 bits per heavy atom. The van der Waals surface area contributed by atoms with Crippen molar-refractivity contribution in [1.29, 1.82) is 0 Å². The van der Waals surface area contributed by atoms with Crippen molar-refractivity contribution in [3.8, 4) is 5.69 Å². The van der Waals surface area contributed by atoms with Crippen molar-refractivity contribution < 1.29 is 0 Å². The molecule has 3 nitrogen and oxygen atoms in total. The molecule has 0 fully saturated rings. The fourth-order valence-electron chi connectivity index (χ4n) is 2.97. The molecule has 1 aliphatic carbocycles. The first-order valence-electron chi connectivity index (χ1n) is 7.25. The smallest absolute Gasteiger partial charge is 0.0997 e. The molecule has 1 atom stereocenters. The molecular formula is C16H20ClN3. The second kappa shape index (κ2) is 5.58. The van der Waals surface area contributed by atoms with Crippen molar-refractivity contribution in [3.05, 3.63) is 46.5 Å². The molecule has 0 aliphatic heterocycles. The molecule has 0 radical (unpaired) electrons. The van der Waals surface area contributed by atoms with Gasteiger partial charge in [-0.1, -0.05) is 17.7 Å². The van der Waals surface area contributed by atoms with Crippen LogP contribution in [0.4, 0.5) is 0 Å². The predicted octanol–water partition coefficient (Wildman–Crippen LogP) is 3.29. The molecule has 0 amide bonds. The fraction of sp³-hybridized carbons (Fsp3) is 0.438. The zero-order valence-electron chi connectivity index (χ0n) is 11.8. The molecule has 0 saturated heterocycles. The first-order valence-corrected chi connectivity index (χ1v) is 7.63. The predicted molar refractivity (Wildman–Crippen MR) is 82.6 cm³/mol. The highest BCUT2D eigenvalue weighted by molar-refractivity contribution is 6.31. The maximum atomic E-state index is 6.38. The van der Waals surface area contributed by atoms with Crippen LogP contribution in [0.5, 0.6) is 0 Å². The second-order valence-electron chi connectivity index (χ2n) is 5.63. The van der Waals surface area contributed by atoms with Gasteiger partial charge < -0.3 is 10.3 Å². The number of halogens is 1. The van der Waals surface area contributed by atoms with Crippen LogP contribution in [0.3, 0.4) is 0 Å². The topological polar surface area (TPSA) is 43.8 Å². The minimum atomic E-state index is 0.0907. The maximum absolute atomic E-state index is 6.38. The van der Waals surface area contributed by atoms with Gasteiger partial charge in [-0.2, -0.15) is 0 Å². The van der Waals surface area contributed by atoms with Crippen LogP contribution in [-0.2, 0) is 19.3 Å². The Labute approximate surface area is 124 Å². The highest BCUT2D eigenvalue weighted by Gasteiger charge is 2.18. The van der Waals surface area contributed by atoms with Crippen molar-refractivity contribution >= 4 is 11.6 Å². The van der Waals surface area contributed by atoms with Gasteiger partial charge in [-0.25, -0.2) is 4.98 Å². The van der Waals surface area contributed by atoms with Gasteiger partial charge in [-0.05, 0) is 56.7 Å². The lowest BCUT2D eigenvalue weighted by molar-refractivity contribution is 0.654. The normalized spacial score (nSPS) is 15.9. The third-order valence-electron chi connectivity index (χ3n) is 3.91. The lowest BCUT2D eigenvalue weighted by atomic mass is 10.00. The van der Waals surface area contributed by atoms with E-state index < -0.39 is 0 Å². The minimum Gasteiger partial charge on any atom is -0.328 e. The number of benzene rings is 1. The standard InChI is InChI=1S/C16H20ClN3/c1-11(18)9-12-13(17)5-4-8-15(12)20-10-19-14-6-2-3-7-16(14)20/h4-5,8,10-11H,2-3,6-7,9,18H2,1H3. The van der Waals surface area contributed by atoms with Gasteiger partial charge in [0, 0.05) is 16.8 Å². The molecule has 0 bridgehead atoms. The molecule has 1 aromatic heterocycles. The van der Waals surface area contributed by atoms with Crippen molar-refractivity contribution in [2.45, 2.75) is 45.1 Å². The summed E-state index contributed by atoms with van der Waals surface area (Å²) < 4.78 is 2.21. The molecule has 0 saturated carbocycles. The van der Waals surface area contributed by atoms with Gasteiger partial charge in [0.25, 0.3) is 0 Å². The minimum absolute atomic E-state index is 0.0907. The van der Waals surface area contributed by atoms with Gasteiger partial charge in [-0.3, -0.25) is 0 Å². The third kappa shape index (κ3) is 2.48. The zero-order chi connectivity index (χ0) is 14.1. The van der Waals surface area contributed by atoms with E-state index in [9.17, 15) is 0 Å².